The molecule has 32 heavy (non-hydrogen) atoms. The Labute approximate surface area is 183 Å². The Hall–Kier alpha value is -3.69. The molecule has 1 aromatic heterocycles. The van der Waals surface area contributed by atoms with E-state index in [4.69, 9.17) is 14.0 Å². The Morgan fingerprint density at radius 1 is 1.12 bits per heavy atom. The van der Waals surface area contributed by atoms with Gasteiger partial charge < -0.3 is 24.6 Å². The van der Waals surface area contributed by atoms with Crippen molar-refractivity contribution in [1.82, 2.24) is 15.5 Å². The number of nitrogens with one attached hydrogen (secondary N) is 2. The van der Waals surface area contributed by atoms with Gasteiger partial charge in [0.25, 0.3) is 0 Å². The van der Waals surface area contributed by atoms with Gasteiger partial charge in [-0.15, -0.1) is 0 Å². The Kier molecular flexibility index (Phi) is 7.24. The molecule has 3 rings (SSSR count). The highest BCUT2D eigenvalue weighted by Crippen LogP contribution is 2.32. The van der Waals surface area contributed by atoms with E-state index >= 15 is 0 Å². The van der Waals surface area contributed by atoms with Crippen molar-refractivity contribution in [3.05, 3.63) is 53.9 Å². The third-order valence-corrected chi connectivity index (χ3v) is 5.03. The number of hydrogen-bond donors (Lipinski definition) is 2. The standard InChI is InChI=1S/C22H24F2N4O4/c1-5-12(2)19(26-22(29)25-16-8-7-14(23)11-15(16)24)21-27-20(28-32-21)13-6-9-17(30-3)18(10-13)31-4/h6-12,19H,5H2,1-4H3,(H2,25,26,29). The van der Waals surface area contributed by atoms with Crippen LogP contribution >= 0.6 is 0 Å². The summed E-state index contributed by atoms with van der Waals surface area (Å²) in [6.45, 7) is 3.85. The first kappa shape index (κ1) is 23.0. The predicted molar refractivity (Wildman–Crippen MR) is 114 cm³/mol. The van der Waals surface area contributed by atoms with Crippen molar-refractivity contribution in [3.8, 4) is 22.9 Å². The number of carbonyl (C=O) groups excluding carboxylic acids is 1. The molecule has 0 saturated heterocycles. The predicted octanol–water partition coefficient (Wildman–Crippen LogP) is 4.94. The summed E-state index contributed by atoms with van der Waals surface area (Å²) in [4.78, 5) is 16.9. The Morgan fingerprint density at radius 2 is 1.88 bits per heavy atom. The molecule has 170 valence electrons. The molecule has 0 saturated carbocycles. The summed E-state index contributed by atoms with van der Waals surface area (Å²) in [5.41, 5.74) is 0.488. The van der Waals surface area contributed by atoms with E-state index in [1.165, 1.54) is 14.2 Å². The fourth-order valence-electron chi connectivity index (χ4n) is 3.03. The molecule has 2 N–H and O–H groups in total. The van der Waals surface area contributed by atoms with Gasteiger partial charge in [-0.2, -0.15) is 4.98 Å². The van der Waals surface area contributed by atoms with E-state index in [1.807, 2.05) is 13.8 Å². The van der Waals surface area contributed by atoms with Crippen LogP contribution in [0.5, 0.6) is 11.5 Å². The smallest absolute Gasteiger partial charge is 0.319 e. The van der Waals surface area contributed by atoms with Crippen LogP contribution in [0.3, 0.4) is 0 Å². The molecule has 8 nitrogen and oxygen atoms in total. The number of amides is 2. The fraction of sp³-hybridized carbons (Fsp3) is 0.318. The lowest BCUT2D eigenvalue weighted by Crippen LogP contribution is -2.36. The van der Waals surface area contributed by atoms with Crippen molar-refractivity contribution in [3.63, 3.8) is 0 Å². The topological polar surface area (TPSA) is 98.5 Å². The Morgan fingerprint density at radius 3 is 2.53 bits per heavy atom. The Balaban J connectivity index is 1.81. The quantitative estimate of drug-likeness (QED) is 0.509. The molecule has 0 aliphatic heterocycles. The summed E-state index contributed by atoms with van der Waals surface area (Å²) in [7, 11) is 3.06. The van der Waals surface area contributed by atoms with Gasteiger partial charge in [-0.05, 0) is 36.2 Å². The van der Waals surface area contributed by atoms with E-state index in [9.17, 15) is 13.6 Å². The minimum absolute atomic E-state index is 0.0717. The van der Waals surface area contributed by atoms with Gasteiger partial charge in [0.2, 0.25) is 11.7 Å². The number of hydrogen-bond acceptors (Lipinski definition) is 6. The van der Waals surface area contributed by atoms with Crippen LogP contribution in [-0.4, -0.2) is 30.4 Å². The summed E-state index contributed by atoms with van der Waals surface area (Å²) >= 11 is 0. The molecule has 2 atom stereocenters. The monoisotopic (exact) mass is 446 g/mol. The zero-order valence-corrected chi connectivity index (χ0v) is 18.1. The second kappa shape index (κ2) is 10.1. The molecular weight excluding hydrogens is 422 g/mol. The third-order valence-electron chi connectivity index (χ3n) is 5.03. The first-order valence-electron chi connectivity index (χ1n) is 9.94. The number of anilines is 1. The lowest BCUT2D eigenvalue weighted by Gasteiger charge is -2.21. The summed E-state index contributed by atoms with van der Waals surface area (Å²) < 4.78 is 42.9. The number of halogens is 2. The molecule has 0 aliphatic carbocycles. The average Bonchev–Trinajstić information content (AvgIpc) is 3.28. The van der Waals surface area contributed by atoms with Crippen LogP contribution in [-0.2, 0) is 0 Å². The van der Waals surface area contributed by atoms with E-state index in [2.05, 4.69) is 20.8 Å². The molecule has 0 spiro atoms. The molecule has 10 heteroatoms. The maximum Gasteiger partial charge on any atom is 0.319 e. The number of aromatic nitrogens is 2. The number of methoxy groups -OCH3 is 2. The molecule has 2 amide bonds. The van der Waals surface area contributed by atoms with Crippen LogP contribution in [0.15, 0.2) is 40.9 Å². The molecule has 2 unspecified atom stereocenters. The van der Waals surface area contributed by atoms with E-state index in [0.29, 0.717) is 35.4 Å². The summed E-state index contributed by atoms with van der Waals surface area (Å²) in [5, 5.41) is 9.11. The van der Waals surface area contributed by atoms with E-state index in [-0.39, 0.29) is 17.5 Å². The van der Waals surface area contributed by atoms with Crippen LogP contribution in [0, 0.1) is 17.6 Å². The second-order valence-corrected chi connectivity index (χ2v) is 7.11. The van der Waals surface area contributed by atoms with E-state index < -0.39 is 23.7 Å². The van der Waals surface area contributed by atoms with Crippen LogP contribution < -0.4 is 20.1 Å². The van der Waals surface area contributed by atoms with E-state index in [0.717, 1.165) is 12.1 Å². The van der Waals surface area contributed by atoms with Crippen LogP contribution in [0.25, 0.3) is 11.4 Å². The molecule has 0 bridgehead atoms. The van der Waals surface area contributed by atoms with Crippen molar-refractivity contribution in [2.24, 2.45) is 5.92 Å². The maximum atomic E-state index is 13.9. The van der Waals surface area contributed by atoms with Crippen LogP contribution in [0.1, 0.15) is 32.2 Å². The second-order valence-electron chi connectivity index (χ2n) is 7.11. The zero-order chi connectivity index (χ0) is 23.3. The van der Waals surface area contributed by atoms with Gasteiger partial charge in [-0.1, -0.05) is 25.4 Å². The minimum Gasteiger partial charge on any atom is -0.493 e. The Bertz CT molecular complexity index is 1090. The van der Waals surface area contributed by atoms with Gasteiger partial charge in [0, 0.05) is 11.6 Å². The number of carbonyl (C=O) groups is 1. The van der Waals surface area contributed by atoms with Crippen molar-refractivity contribution in [2.75, 3.05) is 19.5 Å². The fourth-order valence-corrected chi connectivity index (χ4v) is 3.03. The van der Waals surface area contributed by atoms with Crippen molar-refractivity contribution >= 4 is 11.7 Å². The molecular formula is C22H24F2N4O4. The first-order valence-corrected chi connectivity index (χ1v) is 9.94. The molecule has 3 aromatic rings. The molecule has 0 radical (unpaired) electrons. The SMILES string of the molecule is CCC(C)C(NC(=O)Nc1ccc(F)cc1F)c1nc(-c2ccc(OC)c(OC)c2)no1. The van der Waals surface area contributed by atoms with Crippen LogP contribution in [0.2, 0.25) is 0 Å². The largest absolute Gasteiger partial charge is 0.493 e. The maximum absolute atomic E-state index is 13.9. The van der Waals surface area contributed by atoms with Gasteiger partial charge in [0.05, 0.1) is 19.9 Å². The lowest BCUT2D eigenvalue weighted by molar-refractivity contribution is 0.232. The summed E-state index contributed by atoms with van der Waals surface area (Å²) in [6, 6.07) is 6.75. The average molecular weight is 446 g/mol. The normalized spacial score (nSPS) is 12.7. The van der Waals surface area contributed by atoms with Gasteiger partial charge in [-0.25, -0.2) is 13.6 Å². The minimum atomic E-state index is -0.881. The van der Waals surface area contributed by atoms with Gasteiger partial charge in [-0.3, -0.25) is 0 Å². The first-order chi connectivity index (χ1) is 15.4. The number of urea groups is 1. The highest BCUT2D eigenvalue weighted by Gasteiger charge is 2.27. The van der Waals surface area contributed by atoms with Gasteiger partial charge >= 0.3 is 6.03 Å². The number of nitrogens with zero attached hydrogens (tertiary/aromatic N) is 2. The van der Waals surface area contributed by atoms with E-state index in [1.54, 1.807) is 18.2 Å². The van der Waals surface area contributed by atoms with Crippen molar-refractivity contribution < 1.29 is 27.6 Å². The molecule has 0 fully saturated rings. The van der Waals surface area contributed by atoms with Crippen molar-refractivity contribution in [1.29, 1.82) is 0 Å². The van der Waals surface area contributed by atoms with Gasteiger partial charge in [0.1, 0.15) is 17.7 Å². The lowest BCUT2D eigenvalue weighted by atomic mass is 9.99. The van der Waals surface area contributed by atoms with Gasteiger partial charge in [0.15, 0.2) is 11.5 Å². The highest BCUT2D eigenvalue weighted by atomic mass is 19.1. The zero-order valence-electron chi connectivity index (χ0n) is 18.1. The summed E-state index contributed by atoms with van der Waals surface area (Å²) in [5.74, 6) is -0.122. The molecule has 0 aliphatic rings. The highest BCUT2D eigenvalue weighted by molar-refractivity contribution is 5.89. The molecule has 1 heterocycles. The number of rotatable bonds is 8. The van der Waals surface area contributed by atoms with Crippen molar-refractivity contribution in [2.45, 2.75) is 26.3 Å². The number of ether oxygens (including phenoxy) is 2. The summed E-state index contributed by atoms with van der Waals surface area (Å²) in [6.07, 6.45) is 0.698. The third kappa shape index (κ3) is 5.13. The van der Waals surface area contributed by atoms with Crippen LogP contribution in [0.4, 0.5) is 19.3 Å². The molecule has 2 aromatic carbocycles. The number of benzene rings is 2.